The highest BCUT2D eigenvalue weighted by molar-refractivity contribution is 6.76. The van der Waals surface area contributed by atoms with Crippen molar-refractivity contribution >= 4 is 30.8 Å². The van der Waals surface area contributed by atoms with Gasteiger partial charge in [-0.25, -0.2) is 14.6 Å². The fourth-order valence-corrected chi connectivity index (χ4v) is 6.40. The van der Waals surface area contributed by atoms with Crippen LogP contribution >= 0.6 is 0 Å². The van der Waals surface area contributed by atoms with Gasteiger partial charge in [-0.1, -0.05) is 19.6 Å². The van der Waals surface area contributed by atoms with Gasteiger partial charge in [-0.05, 0) is 77.2 Å². The molecule has 0 radical (unpaired) electrons. The molecule has 5 rings (SSSR count). The van der Waals surface area contributed by atoms with Crippen molar-refractivity contribution in [1.82, 2.24) is 29.6 Å². The minimum Gasteiger partial charge on any atom is -0.360 e. The first-order valence-corrected chi connectivity index (χ1v) is 18.6. The molecule has 1 aliphatic heterocycles. The first-order chi connectivity index (χ1) is 20.4. The van der Waals surface area contributed by atoms with Crippen LogP contribution in [0.15, 0.2) is 30.3 Å². The van der Waals surface area contributed by atoms with Gasteiger partial charge in [0.25, 0.3) is 0 Å². The van der Waals surface area contributed by atoms with E-state index < -0.39 is 8.07 Å². The van der Waals surface area contributed by atoms with Crippen molar-refractivity contribution in [3.8, 4) is 17.2 Å². The number of ether oxygens (including phenoxy) is 1. The third kappa shape index (κ3) is 6.72. The Balaban J connectivity index is 1.38. The largest absolute Gasteiger partial charge is 0.360 e. The lowest BCUT2D eigenvalue weighted by Crippen LogP contribution is -2.42. The number of imidazole rings is 1. The Morgan fingerprint density at radius 3 is 2.56 bits per heavy atom. The molecule has 1 saturated heterocycles. The summed E-state index contributed by atoms with van der Waals surface area (Å²) in [5.41, 5.74) is 5.35. The lowest BCUT2D eigenvalue weighted by Gasteiger charge is -2.35. The van der Waals surface area contributed by atoms with Crippen LogP contribution in [0.25, 0.3) is 22.3 Å². The Bertz CT molecular complexity index is 1670. The van der Waals surface area contributed by atoms with Crippen LogP contribution in [-0.4, -0.2) is 83.3 Å². The van der Waals surface area contributed by atoms with Crippen molar-refractivity contribution in [2.75, 3.05) is 38.7 Å². The summed E-state index contributed by atoms with van der Waals surface area (Å²) in [6.07, 6.45) is 2.17. The fraction of sp³-hybridized carbons (Fsp3) is 0.469. The number of piperidine rings is 1. The van der Waals surface area contributed by atoms with Gasteiger partial charge in [0.05, 0.1) is 17.3 Å². The number of hydrogen-bond acceptors (Lipinski definition) is 8. The van der Waals surface area contributed by atoms with Crippen molar-refractivity contribution < 1.29 is 9.53 Å². The van der Waals surface area contributed by atoms with Crippen LogP contribution in [0.5, 0.6) is 0 Å². The molecule has 0 unspecified atom stereocenters. The highest BCUT2D eigenvalue weighted by Gasteiger charge is 2.24. The monoisotopic (exact) mass is 598 g/mol. The second-order valence-electron chi connectivity index (χ2n) is 12.9. The van der Waals surface area contributed by atoms with Crippen LogP contribution in [0.1, 0.15) is 46.0 Å². The molecule has 43 heavy (non-hydrogen) atoms. The first-order valence-electron chi connectivity index (χ1n) is 14.9. The number of anilines is 1. The zero-order valence-electron chi connectivity index (χ0n) is 26.4. The van der Waals surface area contributed by atoms with Gasteiger partial charge < -0.3 is 19.5 Å². The number of hydrogen-bond donors (Lipinski definition) is 1. The third-order valence-electron chi connectivity index (χ3n) is 8.33. The Labute approximate surface area is 254 Å². The second-order valence-corrected chi connectivity index (χ2v) is 18.5. The van der Waals surface area contributed by atoms with E-state index in [1.165, 1.54) is 0 Å². The molecule has 4 heterocycles. The van der Waals surface area contributed by atoms with E-state index in [1.54, 1.807) is 18.2 Å². The molecule has 0 saturated carbocycles. The van der Waals surface area contributed by atoms with E-state index in [0.29, 0.717) is 47.2 Å². The van der Waals surface area contributed by atoms with Crippen molar-refractivity contribution in [2.45, 2.75) is 65.1 Å². The van der Waals surface area contributed by atoms with Gasteiger partial charge >= 0.3 is 0 Å². The standard InChI is InChI=1S/C32H42N8O2Si/c1-21-29(22(2)40(37-21)20-42-16-17-43(5,6)7)26-18-23(8-9-24(26)19-33)30(41)32-34-27-10-11-28(35-31(27)36-32)39-14-12-25(13-15-39)38(3)4/h8-11,18,25H,12-17,20H2,1-7H3,(H,34,35,36). The predicted molar refractivity (Wildman–Crippen MR) is 172 cm³/mol. The normalized spacial score (nSPS) is 14.5. The van der Waals surface area contributed by atoms with Crippen molar-refractivity contribution in [3.05, 3.63) is 58.7 Å². The van der Waals surface area contributed by atoms with E-state index >= 15 is 0 Å². The van der Waals surface area contributed by atoms with Crippen LogP contribution in [0.2, 0.25) is 25.7 Å². The van der Waals surface area contributed by atoms with Gasteiger partial charge in [-0.3, -0.25) is 4.79 Å². The number of pyridine rings is 1. The van der Waals surface area contributed by atoms with Gasteiger partial charge in [0, 0.05) is 56.2 Å². The molecule has 1 aromatic carbocycles. The third-order valence-corrected chi connectivity index (χ3v) is 10.0. The molecule has 0 amide bonds. The number of carbonyl (C=O) groups is 1. The lowest BCUT2D eigenvalue weighted by molar-refractivity contribution is 0.0770. The van der Waals surface area contributed by atoms with Crippen LogP contribution in [-0.2, 0) is 11.5 Å². The van der Waals surface area contributed by atoms with Crippen LogP contribution < -0.4 is 4.90 Å². The smallest absolute Gasteiger partial charge is 0.228 e. The number of aromatic nitrogens is 5. The quantitative estimate of drug-likeness (QED) is 0.147. The number of aryl methyl sites for hydroxylation is 1. The molecule has 1 aliphatic rings. The average molecular weight is 599 g/mol. The molecule has 3 aromatic heterocycles. The summed E-state index contributed by atoms with van der Waals surface area (Å²) in [7, 11) is 3.07. The molecule has 4 aromatic rings. The van der Waals surface area contributed by atoms with Crippen molar-refractivity contribution in [2.24, 2.45) is 0 Å². The van der Waals surface area contributed by atoms with E-state index in [-0.39, 0.29) is 11.6 Å². The minimum absolute atomic E-state index is 0.224. The molecule has 1 N–H and O–H groups in total. The molecule has 0 spiro atoms. The Kier molecular flexibility index (Phi) is 8.83. The maximum absolute atomic E-state index is 13.7. The maximum Gasteiger partial charge on any atom is 0.228 e. The van der Waals surface area contributed by atoms with Gasteiger partial charge in [-0.15, -0.1) is 0 Å². The summed E-state index contributed by atoms with van der Waals surface area (Å²) < 4.78 is 7.77. The van der Waals surface area contributed by atoms with Crippen molar-refractivity contribution in [1.29, 1.82) is 5.26 Å². The highest BCUT2D eigenvalue weighted by atomic mass is 28.3. The number of carbonyl (C=O) groups excluding carboxylic acids is 1. The number of fused-ring (bicyclic) bond motifs is 1. The Morgan fingerprint density at radius 2 is 1.88 bits per heavy atom. The number of ketones is 1. The molecular formula is C32H42N8O2Si. The predicted octanol–water partition coefficient (Wildman–Crippen LogP) is 5.38. The van der Waals surface area contributed by atoms with Crippen LogP contribution in [0.3, 0.4) is 0 Å². The van der Waals surface area contributed by atoms with Gasteiger partial charge in [0.1, 0.15) is 18.1 Å². The maximum atomic E-state index is 13.7. The summed E-state index contributed by atoms with van der Waals surface area (Å²) in [4.78, 5) is 30.8. The second kappa shape index (κ2) is 12.4. The number of nitrogens with zero attached hydrogens (tertiary/aromatic N) is 7. The van der Waals surface area contributed by atoms with Crippen LogP contribution in [0.4, 0.5) is 5.82 Å². The fourth-order valence-electron chi connectivity index (χ4n) is 5.65. The van der Waals surface area contributed by atoms with Gasteiger partial charge in [-0.2, -0.15) is 10.4 Å². The molecule has 0 bridgehead atoms. The molecule has 1 fully saturated rings. The van der Waals surface area contributed by atoms with E-state index in [0.717, 1.165) is 54.7 Å². The van der Waals surface area contributed by atoms with Gasteiger partial charge in [0.15, 0.2) is 11.5 Å². The van der Waals surface area contributed by atoms with Crippen molar-refractivity contribution in [3.63, 3.8) is 0 Å². The number of benzene rings is 1. The highest BCUT2D eigenvalue weighted by Crippen LogP contribution is 2.32. The lowest BCUT2D eigenvalue weighted by atomic mass is 9.95. The topological polar surface area (TPSA) is 116 Å². The van der Waals surface area contributed by atoms with E-state index in [2.05, 4.69) is 59.6 Å². The van der Waals surface area contributed by atoms with E-state index in [4.69, 9.17) is 14.8 Å². The molecule has 226 valence electrons. The Morgan fingerprint density at radius 1 is 1.14 bits per heavy atom. The Hall–Kier alpha value is -3.85. The molecule has 11 heteroatoms. The molecular weight excluding hydrogens is 556 g/mol. The number of nitrogens with one attached hydrogen (secondary N) is 1. The summed E-state index contributed by atoms with van der Waals surface area (Å²) in [6, 6.07) is 13.0. The van der Waals surface area contributed by atoms with Gasteiger partial charge in [0.2, 0.25) is 5.78 Å². The number of nitriles is 1. The summed E-state index contributed by atoms with van der Waals surface area (Å²) in [6.45, 7) is 13.8. The average Bonchev–Trinajstić information content (AvgIpc) is 3.53. The molecule has 0 atom stereocenters. The van der Waals surface area contributed by atoms with E-state index in [9.17, 15) is 10.1 Å². The number of aromatic amines is 1. The molecule has 0 aliphatic carbocycles. The summed E-state index contributed by atoms with van der Waals surface area (Å²) in [5, 5.41) is 14.6. The zero-order valence-corrected chi connectivity index (χ0v) is 27.4. The SMILES string of the molecule is Cc1nn(COCC[Si](C)(C)C)c(C)c1-c1cc(C(=O)c2nc3ccc(N4CCC(N(C)C)CC4)nc3[nH]2)ccc1C#N. The molecule has 10 nitrogen and oxygen atoms in total. The summed E-state index contributed by atoms with van der Waals surface area (Å²) in [5.74, 6) is 0.858. The van der Waals surface area contributed by atoms with E-state index in [1.807, 2.05) is 30.7 Å². The first kappa shape index (κ1) is 30.6. The summed E-state index contributed by atoms with van der Waals surface area (Å²) >= 11 is 0. The zero-order chi connectivity index (χ0) is 30.9. The number of H-pyrrole nitrogens is 1. The van der Waals surface area contributed by atoms with Crippen LogP contribution in [0, 0.1) is 25.2 Å². The minimum atomic E-state index is -1.19. The number of rotatable bonds is 10.